The van der Waals surface area contributed by atoms with Crippen LogP contribution in [0.3, 0.4) is 0 Å². The number of imidazole rings is 1. The van der Waals surface area contributed by atoms with Crippen LogP contribution in [0.4, 0.5) is 4.39 Å². The van der Waals surface area contributed by atoms with Crippen molar-refractivity contribution in [3.63, 3.8) is 0 Å². The van der Waals surface area contributed by atoms with Crippen LogP contribution in [-0.2, 0) is 6.54 Å². The summed E-state index contributed by atoms with van der Waals surface area (Å²) in [5.74, 6) is -0.337. The molecule has 8 nitrogen and oxygen atoms in total. The number of rotatable bonds is 6. The average Bonchev–Trinajstić information content (AvgIpc) is 3.43. The normalized spacial score (nSPS) is 11.7. The molecular formula is C23H19ClFN7O. The number of nitrogens with one attached hydrogen (secondary N) is 1. The first-order chi connectivity index (χ1) is 15.8. The van der Waals surface area contributed by atoms with Crippen molar-refractivity contribution >= 4 is 17.5 Å². The number of aryl methyl sites for hydroxylation is 1. The smallest absolute Gasteiger partial charge is 0.271 e. The van der Waals surface area contributed by atoms with E-state index in [0.29, 0.717) is 23.6 Å². The highest BCUT2D eigenvalue weighted by Crippen LogP contribution is 2.26. The zero-order valence-corrected chi connectivity index (χ0v) is 18.6. The zero-order valence-electron chi connectivity index (χ0n) is 17.8. The van der Waals surface area contributed by atoms with Crippen molar-refractivity contribution in [3.05, 3.63) is 82.9 Å². The highest BCUT2D eigenvalue weighted by molar-refractivity contribution is 6.32. The van der Waals surface area contributed by atoms with Crippen molar-refractivity contribution in [1.82, 2.24) is 29.6 Å². The number of carbonyl (C=O) groups is 1. The second-order valence-corrected chi connectivity index (χ2v) is 7.93. The lowest BCUT2D eigenvalue weighted by atomic mass is 10.1. The second kappa shape index (κ2) is 9.22. The fraction of sp³-hybridized carbons (Fsp3) is 0.174. The Morgan fingerprint density at radius 3 is 2.88 bits per heavy atom. The number of aromatic nitrogens is 5. The molecule has 0 saturated carbocycles. The SMILES string of the molecule is Cc1cccc(-n2cnc(C(=O)N[C@@H](C)Cn3ccc(-c4cc(F)c(C#N)c(Cl)c4)n3)c2)n1. The zero-order chi connectivity index (χ0) is 23.5. The Balaban J connectivity index is 1.41. The molecule has 1 N–H and O–H groups in total. The van der Waals surface area contributed by atoms with Gasteiger partial charge < -0.3 is 5.32 Å². The van der Waals surface area contributed by atoms with Gasteiger partial charge in [0.05, 0.1) is 17.3 Å². The van der Waals surface area contributed by atoms with Crippen molar-refractivity contribution in [2.75, 3.05) is 0 Å². The van der Waals surface area contributed by atoms with Gasteiger partial charge in [-0.1, -0.05) is 17.7 Å². The van der Waals surface area contributed by atoms with E-state index in [1.165, 1.54) is 12.1 Å². The van der Waals surface area contributed by atoms with Crippen LogP contribution in [0.25, 0.3) is 17.1 Å². The maximum absolute atomic E-state index is 14.0. The molecule has 3 aromatic heterocycles. The summed E-state index contributed by atoms with van der Waals surface area (Å²) in [7, 11) is 0. The molecule has 10 heteroatoms. The van der Waals surface area contributed by atoms with E-state index in [9.17, 15) is 9.18 Å². The van der Waals surface area contributed by atoms with E-state index in [4.69, 9.17) is 16.9 Å². The highest BCUT2D eigenvalue weighted by Gasteiger charge is 2.16. The Morgan fingerprint density at radius 2 is 2.15 bits per heavy atom. The average molecular weight is 464 g/mol. The molecule has 0 aliphatic rings. The van der Waals surface area contributed by atoms with E-state index in [-0.39, 0.29) is 28.2 Å². The van der Waals surface area contributed by atoms with E-state index in [1.54, 1.807) is 40.1 Å². The molecule has 4 aromatic rings. The van der Waals surface area contributed by atoms with Crippen molar-refractivity contribution in [1.29, 1.82) is 5.26 Å². The number of hydrogen-bond donors (Lipinski definition) is 1. The third-order valence-corrected chi connectivity index (χ3v) is 5.18. The van der Waals surface area contributed by atoms with Gasteiger partial charge in [0.25, 0.3) is 5.91 Å². The lowest BCUT2D eigenvalue weighted by Crippen LogP contribution is -2.36. The number of pyridine rings is 1. The lowest BCUT2D eigenvalue weighted by molar-refractivity contribution is 0.0931. The van der Waals surface area contributed by atoms with Crippen LogP contribution >= 0.6 is 11.6 Å². The van der Waals surface area contributed by atoms with Crippen LogP contribution < -0.4 is 5.32 Å². The predicted molar refractivity (Wildman–Crippen MR) is 120 cm³/mol. The topological polar surface area (TPSA) is 101 Å². The van der Waals surface area contributed by atoms with Gasteiger partial charge in [0.1, 0.15) is 35.3 Å². The molecule has 0 aliphatic carbocycles. The molecule has 3 heterocycles. The molecule has 0 unspecified atom stereocenters. The molecule has 0 fully saturated rings. The van der Waals surface area contributed by atoms with Crippen LogP contribution in [0.1, 0.15) is 28.7 Å². The van der Waals surface area contributed by atoms with Gasteiger partial charge in [-0.15, -0.1) is 0 Å². The summed E-state index contributed by atoms with van der Waals surface area (Å²) >= 11 is 5.98. The Hall–Kier alpha value is -4.03. The molecule has 166 valence electrons. The standard InChI is InChI=1S/C23H19ClFN7O/c1-14-4-3-5-22(28-14)31-12-21(27-13-31)23(33)29-15(2)11-32-7-6-20(30-32)16-8-18(24)17(10-26)19(25)9-16/h3-9,12-13,15H,11H2,1-2H3,(H,29,33)/t15-/m0/s1. The third kappa shape index (κ3) is 4.91. The maximum Gasteiger partial charge on any atom is 0.271 e. The first kappa shape index (κ1) is 22.2. The van der Waals surface area contributed by atoms with Crippen molar-refractivity contribution in [2.24, 2.45) is 0 Å². The third-order valence-electron chi connectivity index (χ3n) is 4.88. The Kier molecular flexibility index (Phi) is 6.20. The largest absolute Gasteiger partial charge is 0.346 e. The van der Waals surface area contributed by atoms with Crippen molar-refractivity contribution in [2.45, 2.75) is 26.4 Å². The van der Waals surface area contributed by atoms with Gasteiger partial charge in [-0.2, -0.15) is 10.4 Å². The van der Waals surface area contributed by atoms with Gasteiger partial charge >= 0.3 is 0 Å². The molecule has 1 amide bonds. The van der Waals surface area contributed by atoms with Gasteiger partial charge in [-0.25, -0.2) is 14.4 Å². The summed E-state index contributed by atoms with van der Waals surface area (Å²) in [6, 6.07) is 11.5. The molecule has 0 radical (unpaired) electrons. The number of hydrogen-bond acceptors (Lipinski definition) is 5. The maximum atomic E-state index is 14.0. The van der Waals surface area contributed by atoms with Crippen LogP contribution in [0.2, 0.25) is 5.02 Å². The monoisotopic (exact) mass is 463 g/mol. The summed E-state index contributed by atoms with van der Waals surface area (Å²) in [6.45, 7) is 4.12. The number of benzene rings is 1. The fourth-order valence-corrected chi connectivity index (χ4v) is 3.56. The molecule has 4 rings (SSSR count). The summed E-state index contributed by atoms with van der Waals surface area (Å²) < 4.78 is 17.4. The molecule has 1 atom stereocenters. The molecule has 0 saturated heterocycles. The number of carbonyl (C=O) groups excluding carboxylic acids is 1. The lowest BCUT2D eigenvalue weighted by Gasteiger charge is -2.13. The number of amides is 1. The molecular weight excluding hydrogens is 445 g/mol. The minimum Gasteiger partial charge on any atom is -0.346 e. The van der Waals surface area contributed by atoms with Gasteiger partial charge in [0.15, 0.2) is 0 Å². The number of nitrogens with zero attached hydrogens (tertiary/aromatic N) is 6. The first-order valence-electron chi connectivity index (χ1n) is 10.1. The summed E-state index contributed by atoms with van der Waals surface area (Å²) in [5, 5.41) is 16.3. The van der Waals surface area contributed by atoms with Gasteiger partial charge in [-0.05, 0) is 44.2 Å². The van der Waals surface area contributed by atoms with E-state index >= 15 is 0 Å². The van der Waals surface area contributed by atoms with Crippen LogP contribution in [0.5, 0.6) is 0 Å². The number of nitriles is 1. The van der Waals surface area contributed by atoms with Crippen molar-refractivity contribution in [3.8, 4) is 23.1 Å². The quantitative estimate of drug-likeness (QED) is 0.467. The van der Waals surface area contributed by atoms with Crippen LogP contribution in [0, 0.1) is 24.1 Å². The summed E-state index contributed by atoms with van der Waals surface area (Å²) in [4.78, 5) is 21.2. The van der Waals surface area contributed by atoms with Gasteiger partial charge in [0, 0.05) is 29.7 Å². The number of halogens is 2. The Labute approximate surface area is 194 Å². The van der Waals surface area contributed by atoms with E-state index in [2.05, 4.69) is 20.4 Å². The molecule has 0 aliphatic heterocycles. The highest BCUT2D eigenvalue weighted by atomic mass is 35.5. The first-order valence-corrected chi connectivity index (χ1v) is 10.4. The Bertz CT molecular complexity index is 1350. The predicted octanol–water partition coefficient (Wildman–Crippen LogP) is 3.92. The van der Waals surface area contributed by atoms with Crippen LogP contribution in [0.15, 0.2) is 55.1 Å². The Morgan fingerprint density at radius 1 is 1.33 bits per heavy atom. The molecule has 33 heavy (non-hydrogen) atoms. The van der Waals surface area contributed by atoms with E-state index in [1.807, 2.05) is 32.0 Å². The van der Waals surface area contributed by atoms with E-state index < -0.39 is 5.82 Å². The van der Waals surface area contributed by atoms with E-state index in [0.717, 1.165) is 5.69 Å². The second-order valence-electron chi connectivity index (χ2n) is 7.53. The summed E-state index contributed by atoms with van der Waals surface area (Å²) in [6.07, 6.45) is 4.89. The fourth-order valence-electron chi connectivity index (χ4n) is 3.31. The minimum absolute atomic E-state index is 0.0305. The molecule has 0 bridgehead atoms. The molecule has 1 aromatic carbocycles. The van der Waals surface area contributed by atoms with Crippen LogP contribution in [-0.4, -0.2) is 36.3 Å². The van der Waals surface area contributed by atoms with Crippen molar-refractivity contribution < 1.29 is 9.18 Å². The van der Waals surface area contributed by atoms with Gasteiger partial charge in [-0.3, -0.25) is 14.0 Å². The van der Waals surface area contributed by atoms with Gasteiger partial charge in [0.2, 0.25) is 0 Å². The summed E-state index contributed by atoms with van der Waals surface area (Å²) in [5.41, 5.74) is 1.90. The molecule has 0 spiro atoms. The minimum atomic E-state index is -0.699.